The second-order valence-corrected chi connectivity index (χ2v) is 9.56. The molecule has 0 unspecified atom stereocenters. The lowest BCUT2D eigenvalue weighted by Gasteiger charge is -2.13. The lowest BCUT2D eigenvalue weighted by atomic mass is 10.1. The molecule has 1 aliphatic rings. The minimum Gasteiger partial charge on any atom is -0.351 e. The maximum atomic E-state index is 12.6. The van der Waals surface area contributed by atoms with Gasteiger partial charge in [-0.3, -0.25) is 4.79 Å². The molecule has 0 bridgehead atoms. The number of carbonyl (C=O) groups is 1. The second-order valence-electron chi connectivity index (χ2n) is 7.22. The van der Waals surface area contributed by atoms with Gasteiger partial charge in [0, 0.05) is 23.9 Å². The van der Waals surface area contributed by atoms with Gasteiger partial charge < -0.3 is 9.88 Å². The molecular formula is C21H24N4OS2. The topological polar surface area (TPSA) is 59.8 Å². The van der Waals surface area contributed by atoms with E-state index in [0.717, 1.165) is 35.8 Å². The van der Waals surface area contributed by atoms with Gasteiger partial charge in [0.05, 0.1) is 5.25 Å². The van der Waals surface area contributed by atoms with Crippen LogP contribution in [0.5, 0.6) is 0 Å². The molecule has 1 aromatic carbocycles. The molecule has 0 radical (unpaired) electrons. The molecule has 2 aromatic heterocycles. The van der Waals surface area contributed by atoms with Gasteiger partial charge in [-0.15, -0.1) is 21.5 Å². The average Bonchev–Trinajstić information content (AvgIpc) is 3.25. The maximum absolute atomic E-state index is 12.6. The van der Waals surface area contributed by atoms with E-state index in [1.165, 1.54) is 22.2 Å². The summed E-state index contributed by atoms with van der Waals surface area (Å²) in [7, 11) is 0. The summed E-state index contributed by atoms with van der Waals surface area (Å²) in [6.07, 6.45) is 3.13. The molecule has 1 atom stereocenters. The van der Waals surface area contributed by atoms with E-state index in [1.54, 1.807) is 11.3 Å². The van der Waals surface area contributed by atoms with Crippen LogP contribution in [-0.4, -0.2) is 25.9 Å². The van der Waals surface area contributed by atoms with E-state index >= 15 is 0 Å². The van der Waals surface area contributed by atoms with E-state index in [2.05, 4.69) is 56.7 Å². The summed E-state index contributed by atoms with van der Waals surface area (Å²) in [6, 6.07) is 12.9. The van der Waals surface area contributed by atoms with Gasteiger partial charge in [0.15, 0.2) is 5.16 Å². The number of aromatic nitrogens is 3. The zero-order chi connectivity index (χ0) is 19.5. The standard InChI is InChI=1S/C21H24N4OS2/c1-14-5-7-16(8-6-14)13-22-20(26)15(2)28-21-24-23-19(25(21)17-9-10-17)12-18-4-3-11-27-18/h3-8,11,15,17H,9-10,12-13H2,1-2H3,(H,22,26)/t15-/m1/s1. The second kappa shape index (κ2) is 8.49. The van der Waals surface area contributed by atoms with Crippen LogP contribution in [0.1, 0.15) is 47.6 Å². The van der Waals surface area contributed by atoms with Gasteiger partial charge in [-0.05, 0) is 43.7 Å². The number of carbonyl (C=O) groups excluding carboxylic acids is 1. The number of benzene rings is 1. The molecule has 1 aliphatic carbocycles. The summed E-state index contributed by atoms with van der Waals surface area (Å²) in [5.41, 5.74) is 2.33. The minimum atomic E-state index is -0.221. The summed E-state index contributed by atoms with van der Waals surface area (Å²) >= 11 is 3.24. The first-order valence-corrected chi connectivity index (χ1v) is 11.3. The van der Waals surface area contributed by atoms with Crippen molar-refractivity contribution in [1.82, 2.24) is 20.1 Å². The third kappa shape index (κ3) is 4.64. The van der Waals surface area contributed by atoms with Gasteiger partial charge in [0.25, 0.3) is 0 Å². The van der Waals surface area contributed by atoms with Gasteiger partial charge in [-0.2, -0.15) is 0 Å². The summed E-state index contributed by atoms with van der Waals surface area (Å²) in [4.78, 5) is 13.8. The molecule has 1 saturated carbocycles. The van der Waals surface area contributed by atoms with E-state index in [0.29, 0.717) is 12.6 Å². The van der Waals surface area contributed by atoms with E-state index in [9.17, 15) is 4.79 Å². The molecule has 7 heteroatoms. The Morgan fingerprint density at radius 3 is 2.75 bits per heavy atom. The van der Waals surface area contributed by atoms with Crippen LogP contribution in [0.2, 0.25) is 0 Å². The Kier molecular flexibility index (Phi) is 5.82. The normalized spacial score (nSPS) is 14.8. The van der Waals surface area contributed by atoms with Crippen LogP contribution < -0.4 is 5.32 Å². The highest BCUT2D eigenvalue weighted by atomic mass is 32.2. The first-order chi connectivity index (χ1) is 13.6. The first-order valence-electron chi connectivity index (χ1n) is 9.56. The Balaban J connectivity index is 1.39. The average molecular weight is 413 g/mol. The lowest BCUT2D eigenvalue weighted by molar-refractivity contribution is -0.120. The number of amides is 1. The number of nitrogens with one attached hydrogen (secondary N) is 1. The summed E-state index contributed by atoms with van der Waals surface area (Å²) in [5, 5.41) is 14.6. The lowest BCUT2D eigenvalue weighted by Crippen LogP contribution is -2.30. The van der Waals surface area contributed by atoms with Crippen LogP contribution in [0, 0.1) is 6.92 Å². The molecule has 146 valence electrons. The Hall–Kier alpha value is -2.12. The Bertz CT molecular complexity index is 930. The quantitative estimate of drug-likeness (QED) is 0.558. The molecule has 2 heterocycles. The Morgan fingerprint density at radius 2 is 2.07 bits per heavy atom. The van der Waals surface area contributed by atoms with Gasteiger partial charge >= 0.3 is 0 Å². The van der Waals surface area contributed by atoms with E-state index in [4.69, 9.17) is 0 Å². The summed E-state index contributed by atoms with van der Waals surface area (Å²) < 4.78 is 2.24. The fraction of sp³-hybridized carbons (Fsp3) is 0.381. The third-order valence-corrected chi connectivity index (χ3v) is 6.73. The van der Waals surface area contributed by atoms with E-state index in [-0.39, 0.29) is 11.2 Å². The smallest absolute Gasteiger partial charge is 0.233 e. The van der Waals surface area contributed by atoms with Crippen molar-refractivity contribution in [3.8, 4) is 0 Å². The van der Waals surface area contributed by atoms with Crippen LogP contribution >= 0.6 is 23.1 Å². The molecular weight excluding hydrogens is 388 g/mol. The number of nitrogens with zero attached hydrogens (tertiary/aromatic N) is 3. The third-order valence-electron chi connectivity index (χ3n) is 4.80. The minimum absolute atomic E-state index is 0.0238. The van der Waals surface area contributed by atoms with Crippen molar-refractivity contribution in [2.75, 3.05) is 0 Å². The summed E-state index contributed by atoms with van der Waals surface area (Å²) in [5.74, 6) is 1.02. The van der Waals surface area contributed by atoms with Gasteiger partial charge in [0.2, 0.25) is 5.91 Å². The van der Waals surface area contributed by atoms with Crippen molar-refractivity contribution in [2.24, 2.45) is 0 Å². The van der Waals surface area contributed by atoms with Gasteiger partial charge in [0.1, 0.15) is 5.82 Å². The number of hydrogen-bond donors (Lipinski definition) is 1. The number of hydrogen-bond acceptors (Lipinski definition) is 5. The van der Waals surface area contributed by atoms with Crippen molar-refractivity contribution in [3.05, 3.63) is 63.6 Å². The SMILES string of the molecule is Cc1ccc(CNC(=O)[C@@H](C)Sc2nnc(Cc3cccs3)n2C2CC2)cc1. The first kappa shape index (κ1) is 19.2. The van der Waals surface area contributed by atoms with Crippen molar-refractivity contribution >= 4 is 29.0 Å². The Morgan fingerprint density at radius 1 is 1.29 bits per heavy atom. The number of thiophene rings is 1. The molecule has 1 fully saturated rings. The zero-order valence-corrected chi connectivity index (χ0v) is 17.7. The zero-order valence-electron chi connectivity index (χ0n) is 16.1. The molecule has 3 aromatic rings. The maximum Gasteiger partial charge on any atom is 0.233 e. The van der Waals surface area contributed by atoms with Crippen LogP contribution in [0.3, 0.4) is 0 Å². The molecule has 28 heavy (non-hydrogen) atoms. The van der Waals surface area contributed by atoms with Crippen LogP contribution in [0.15, 0.2) is 46.9 Å². The van der Waals surface area contributed by atoms with Crippen molar-refractivity contribution in [2.45, 2.75) is 56.1 Å². The number of rotatable bonds is 8. The molecule has 0 saturated heterocycles. The Labute approximate surface area is 173 Å². The van der Waals surface area contributed by atoms with Crippen molar-refractivity contribution in [3.63, 3.8) is 0 Å². The molecule has 0 spiro atoms. The highest BCUT2D eigenvalue weighted by molar-refractivity contribution is 8.00. The van der Waals surface area contributed by atoms with Crippen molar-refractivity contribution in [1.29, 1.82) is 0 Å². The molecule has 4 rings (SSSR count). The van der Waals surface area contributed by atoms with Crippen LogP contribution in [0.25, 0.3) is 0 Å². The predicted molar refractivity (Wildman–Crippen MR) is 114 cm³/mol. The van der Waals surface area contributed by atoms with Crippen LogP contribution in [0.4, 0.5) is 0 Å². The van der Waals surface area contributed by atoms with Gasteiger partial charge in [-0.25, -0.2) is 0 Å². The molecule has 5 nitrogen and oxygen atoms in total. The fourth-order valence-electron chi connectivity index (χ4n) is 3.03. The van der Waals surface area contributed by atoms with Crippen LogP contribution in [-0.2, 0) is 17.8 Å². The molecule has 1 N–H and O–H groups in total. The number of aryl methyl sites for hydroxylation is 1. The van der Waals surface area contributed by atoms with Crippen molar-refractivity contribution < 1.29 is 4.79 Å². The molecule has 1 amide bonds. The predicted octanol–water partition coefficient (Wildman–Crippen LogP) is 4.37. The highest BCUT2D eigenvalue weighted by Crippen LogP contribution is 2.40. The summed E-state index contributed by atoms with van der Waals surface area (Å²) in [6.45, 7) is 4.53. The largest absolute Gasteiger partial charge is 0.351 e. The van der Waals surface area contributed by atoms with E-state index in [1.807, 2.05) is 19.1 Å². The highest BCUT2D eigenvalue weighted by Gasteiger charge is 2.31. The molecule has 0 aliphatic heterocycles. The van der Waals surface area contributed by atoms with Gasteiger partial charge in [-0.1, -0.05) is 47.7 Å². The monoisotopic (exact) mass is 412 g/mol. The van der Waals surface area contributed by atoms with E-state index < -0.39 is 0 Å². The number of thioether (sulfide) groups is 1. The fourth-order valence-corrected chi connectivity index (χ4v) is 4.69.